The molecular formula is C14H13N3OS. The van der Waals surface area contributed by atoms with Gasteiger partial charge in [-0.2, -0.15) is 0 Å². The fourth-order valence-electron chi connectivity index (χ4n) is 2.27. The molecule has 0 saturated carbocycles. The third kappa shape index (κ3) is 2.06. The first-order valence-electron chi connectivity index (χ1n) is 6.11. The molecule has 3 rings (SSSR count). The van der Waals surface area contributed by atoms with Gasteiger partial charge in [0.15, 0.2) is 5.11 Å². The van der Waals surface area contributed by atoms with Crippen LogP contribution in [0, 0.1) is 0 Å². The van der Waals surface area contributed by atoms with Crippen molar-refractivity contribution >= 4 is 34.0 Å². The normalized spacial score (nSPS) is 19.0. The zero-order chi connectivity index (χ0) is 13.4. The number of amides is 1. The lowest BCUT2D eigenvalue weighted by atomic mass is 10.1. The predicted molar refractivity (Wildman–Crippen MR) is 77.5 cm³/mol. The van der Waals surface area contributed by atoms with E-state index in [0.29, 0.717) is 11.7 Å². The minimum absolute atomic E-state index is 0.000246. The molecule has 1 amide bonds. The predicted octanol–water partition coefficient (Wildman–Crippen LogP) is 1.84. The molecule has 1 aromatic carbocycles. The maximum Gasteiger partial charge on any atom is 0.251 e. The van der Waals surface area contributed by atoms with Gasteiger partial charge in [0.1, 0.15) is 6.04 Å². The van der Waals surface area contributed by atoms with E-state index in [9.17, 15) is 4.79 Å². The highest BCUT2D eigenvalue weighted by atomic mass is 32.1. The van der Waals surface area contributed by atoms with Gasteiger partial charge in [0.05, 0.1) is 12.2 Å². The Bertz CT molecular complexity index is 665. The summed E-state index contributed by atoms with van der Waals surface area (Å²) in [5, 5.41) is 5.62. The van der Waals surface area contributed by atoms with E-state index >= 15 is 0 Å². The zero-order valence-corrected chi connectivity index (χ0v) is 11.3. The van der Waals surface area contributed by atoms with Gasteiger partial charge in [0.2, 0.25) is 0 Å². The average molecular weight is 271 g/mol. The Hall–Kier alpha value is -2.01. The average Bonchev–Trinajstić information content (AvgIpc) is 2.66. The van der Waals surface area contributed by atoms with E-state index in [-0.39, 0.29) is 11.9 Å². The Kier molecular flexibility index (Phi) is 2.91. The van der Waals surface area contributed by atoms with E-state index in [1.807, 2.05) is 37.3 Å². The van der Waals surface area contributed by atoms with Gasteiger partial charge in [-0.25, -0.2) is 0 Å². The summed E-state index contributed by atoms with van der Waals surface area (Å²) in [6, 6.07) is 9.72. The van der Waals surface area contributed by atoms with Crippen molar-refractivity contribution in [2.24, 2.45) is 0 Å². The van der Waals surface area contributed by atoms with E-state index in [0.717, 1.165) is 16.5 Å². The number of nitrogens with zero attached hydrogens (tertiary/aromatic N) is 2. The Morgan fingerprint density at radius 1 is 1.37 bits per heavy atom. The molecule has 0 bridgehead atoms. The Morgan fingerprint density at radius 3 is 2.89 bits per heavy atom. The maximum absolute atomic E-state index is 12.0. The minimum Gasteiger partial charge on any atom is -0.351 e. The molecule has 1 aliphatic heterocycles. The van der Waals surface area contributed by atoms with Crippen LogP contribution in [0.15, 0.2) is 36.5 Å². The van der Waals surface area contributed by atoms with Gasteiger partial charge in [0.25, 0.3) is 5.91 Å². The smallest absolute Gasteiger partial charge is 0.251 e. The van der Waals surface area contributed by atoms with Gasteiger partial charge in [-0.1, -0.05) is 24.3 Å². The third-order valence-corrected chi connectivity index (χ3v) is 3.62. The Labute approximate surface area is 116 Å². The van der Waals surface area contributed by atoms with Gasteiger partial charge in [-0.3, -0.25) is 14.7 Å². The van der Waals surface area contributed by atoms with Crippen LogP contribution in [0.2, 0.25) is 0 Å². The van der Waals surface area contributed by atoms with Crippen molar-refractivity contribution in [2.75, 3.05) is 0 Å². The lowest BCUT2D eigenvalue weighted by Gasteiger charge is -2.15. The van der Waals surface area contributed by atoms with E-state index < -0.39 is 0 Å². The molecule has 1 fully saturated rings. The molecule has 1 atom stereocenters. The lowest BCUT2D eigenvalue weighted by molar-refractivity contribution is -0.127. The maximum atomic E-state index is 12.0. The number of rotatable bonds is 2. The minimum atomic E-state index is -0.248. The fourth-order valence-corrected chi connectivity index (χ4v) is 2.60. The number of pyridine rings is 1. The summed E-state index contributed by atoms with van der Waals surface area (Å²) >= 11 is 5.18. The second-order valence-electron chi connectivity index (χ2n) is 4.57. The first-order chi connectivity index (χ1) is 9.16. The number of fused-ring (bicyclic) bond motifs is 1. The number of hydrogen-bond acceptors (Lipinski definition) is 3. The number of hydrogen-bond donors (Lipinski definition) is 1. The molecule has 0 aliphatic carbocycles. The van der Waals surface area contributed by atoms with Crippen molar-refractivity contribution in [3.63, 3.8) is 0 Å². The van der Waals surface area contributed by atoms with Crippen molar-refractivity contribution in [1.82, 2.24) is 15.2 Å². The summed E-state index contributed by atoms with van der Waals surface area (Å²) in [5.74, 6) is -0.000246. The lowest BCUT2D eigenvalue weighted by Crippen LogP contribution is -2.30. The molecule has 2 aromatic rings. The van der Waals surface area contributed by atoms with E-state index in [1.54, 1.807) is 11.1 Å². The molecule has 1 aliphatic rings. The van der Waals surface area contributed by atoms with Crippen LogP contribution in [-0.4, -0.2) is 26.9 Å². The molecule has 19 heavy (non-hydrogen) atoms. The standard InChI is InChI=1S/C14H13N3OS/c1-9-13(18)17(14(19)16-9)8-12-11-5-3-2-4-10(11)6-7-15-12/h2-7,9H,8H2,1H3,(H,16,19)/t9-/m0/s1. The Morgan fingerprint density at radius 2 is 2.16 bits per heavy atom. The van der Waals surface area contributed by atoms with E-state index in [4.69, 9.17) is 12.2 Å². The van der Waals surface area contributed by atoms with Crippen molar-refractivity contribution in [2.45, 2.75) is 19.5 Å². The molecule has 1 aromatic heterocycles. The molecule has 4 nitrogen and oxygen atoms in total. The first kappa shape index (κ1) is 12.0. The molecule has 5 heteroatoms. The largest absolute Gasteiger partial charge is 0.351 e. The summed E-state index contributed by atoms with van der Waals surface area (Å²) < 4.78 is 0. The second-order valence-corrected chi connectivity index (χ2v) is 4.96. The summed E-state index contributed by atoms with van der Waals surface area (Å²) in [4.78, 5) is 18.0. The van der Waals surface area contributed by atoms with Gasteiger partial charge in [-0.15, -0.1) is 0 Å². The third-order valence-electron chi connectivity index (χ3n) is 3.29. The zero-order valence-electron chi connectivity index (χ0n) is 10.5. The molecule has 0 spiro atoms. The van der Waals surface area contributed by atoms with Gasteiger partial charge in [-0.05, 0) is 30.6 Å². The topological polar surface area (TPSA) is 45.2 Å². The molecular weight excluding hydrogens is 258 g/mol. The quantitative estimate of drug-likeness (QED) is 0.847. The first-order valence-corrected chi connectivity index (χ1v) is 6.52. The number of nitrogens with one attached hydrogen (secondary N) is 1. The van der Waals surface area contributed by atoms with Crippen LogP contribution in [0.1, 0.15) is 12.6 Å². The van der Waals surface area contributed by atoms with Crippen molar-refractivity contribution in [1.29, 1.82) is 0 Å². The Balaban J connectivity index is 1.98. The highest BCUT2D eigenvalue weighted by Crippen LogP contribution is 2.19. The monoisotopic (exact) mass is 271 g/mol. The molecule has 96 valence electrons. The highest BCUT2D eigenvalue weighted by molar-refractivity contribution is 7.80. The summed E-state index contributed by atoms with van der Waals surface area (Å²) in [6.07, 6.45) is 1.76. The van der Waals surface area contributed by atoms with Gasteiger partial charge < -0.3 is 5.32 Å². The highest BCUT2D eigenvalue weighted by Gasteiger charge is 2.32. The second kappa shape index (κ2) is 4.59. The summed E-state index contributed by atoms with van der Waals surface area (Å²) in [7, 11) is 0. The number of carbonyl (C=O) groups excluding carboxylic acids is 1. The number of benzene rings is 1. The van der Waals surface area contributed by atoms with Gasteiger partial charge >= 0.3 is 0 Å². The molecule has 2 heterocycles. The molecule has 0 unspecified atom stereocenters. The van der Waals surface area contributed by atoms with Crippen LogP contribution in [-0.2, 0) is 11.3 Å². The molecule has 0 radical (unpaired) electrons. The summed E-state index contributed by atoms with van der Waals surface area (Å²) in [5.41, 5.74) is 0.865. The van der Waals surface area contributed by atoms with Crippen LogP contribution in [0.3, 0.4) is 0 Å². The van der Waals surface area contributed by atoms with Crippen LogP contribution >= 0.6 is 12.2 Å². The van der Waals surface area contributed by atoms with E-state index in [2.05, 4.69) is 10.3 Å². The van der Waals surface area contributed by atoms with Crippen LogP contribution in [0.25, 0.3) is 10.8 Å². The fraction of sp³-hybridized carbons (Fsp3) is 0.214. The van der Waals surface area contributed by atoms with E-state index in [1.165, 1.54) is 0 Å². The van der Waals surface area contributed by atoms with Crippen molar-refractivity contribution < 1.29 is 4.79 Å². The van der Waals surface area contributed by atoms with Crippen LogP contribution in [0.4, 0.5) is 0 Å². The summed E-state index contributed by atoms with van der Waals surface area (Å²) in [6.45, 7) is 2.22. The van der Waals surface area contributed by atoms with Crippen molar-refractivity contribution in [3.05, 3.63) is 42.2 Å². The SMILES string of the molecule is C[C@@H]1NC(=S)N(Cc2nccc3ccccc23)C1=O. The van der Waals surface area contributed by atoms with Crippen molar-refractivity contribution in [3.8, 4) is 0 Å². The molecule has 1 saturated heterocycles. The number of aromatic nitrogens is 1. The number of carbonyl (C=O) groups is 1. The van der Waals surface area contributed by atoms with Crippen LogP contribution in [0.5, 0.6) is 0 Å². The molecule has 1 N–H and O–H groups in total. The van der Waals surface area contributed by atoms with Gasteiger partial charge in [0, 0.05) is 11.6 Å². The number of thiocarbonyl (C=S) groups is 1. The van der Waals surface area contributed by atoms with Crippen LogP contribution < -0.4 is 5.32 Å².